The Morgan fingerprint density at radius 3 is 2.75 bits per heavy atom. The Balaban J connectivity index is 2.73. The zero-order valence-electron chi connectivity index (χ0n) is 9.39. The van der Waals surface area contributed by atoms with E-state index in [1.165, 1.54) is 12.1 Å². The molecule has 0 aromatic heterocycles. The van der Waals surface area contributed by atoms with Crippen LogP contribution in [0.2, 0.25) is 0 Å². The van der Waals surface area contributed by atoms with Crippen LogP contribution in [0, 0.1) is 17.6 Å². The molecule has 1 atom stereocenters. The third-order valence-corrected chi connectivity index (χ3v) is 2.46. The first-order valence-corrected chi connectivity index (χ1v) is 5.16. The Morgan fingerprint density at radius 1 is 1.44 bits per heavy atom. The molecule has 4 heteroatoms. The molecule has 1 unspecified atom stereocenters. The maximum absolute atomic E-state index is 13.3. The summed E-state index contributed by atoms with van der Waals surface area (Å²) >= 11 is 0. The topological polar surface area (TPSA) is 29.1 Å². The standard InChI is InChI=1S/C12H15F2NO/c1-8(7-15-2)11(16)6-9-4-3-5-10(13)12(9)14/h3-5,8,15H,6-7H2,1-2H3. The second-order valence-corrected chi connectivity index (χ2v) is 3.81. The van der Waals surface area contributed by atoms with Gasteiger partial charge in [-0.3, -0.25) is 4.79 Å². The summed E-state index contributed by atoms with van der Waals surface area (Å²) < 4.78 is 26.1. The van der Waals surface area contributed by atoms with Gasteiger partial charge in [0.05, 0.1) is 0 Å². The molecule has 2 nitrogen and oxygen atoms in total. The fourth-order valence-electron chi connectivity index (χ4n) is 1.47. The van der Waals surface area contributed by atoms with E-state index in [2.05, 4.69) is 5.32 Å². The summed E-state index contributed by atoms with van der Waals surface area (Å²) in [5.74, 6) is -2.13. The second-order valence-electron chi connectivity index (χ2n) is 3.81. The molecule has 0 aliphatic carbocycles. The van der Waals surface area contributed by atoms with Crippen LogP contribution in [0.4, 0.5) is 8.78 Å². The molecule has 1 rings (SSSR count). The number of carbonyl (C=O) groups is 1. The van der Waals surface area contributed by atoms with Crippen molar-refractivity contribution in [2.45, 2.75) is 13.3 Å². The van der Waals surface area contributed by atoms with Gasteiger partial charge in [-0.2, -0.15) is 0 Å². The molecule has 1 aromatic carbocycles. The minimum atomic E-state index is -0.924. The molecule has 0 aliphatic heterocycles. The summed E-state index contributed by atoms with van der Waals surface area (Å²) in [7, 11) is 1.74. The lowest BCUT2D eigenvalue weighted by atomic mass is 9.99. The Morgan fingerprint density at radius 2 is 2.12 bits per heavy atom. The molecule has 1 aromatic rings. The van der Waals surface area contributed by atoms with Crippen LogP contribution in [0.25, 0.3) is 0 Å². The van der Waals surface area contributed by atoms with E-state index in [0.29, 0.717) is 6.54 Å². The van der Waals surface area contributed by atoms with Gasteiger partial charge in [0, 0.05) is 18.9 Å². The molecule has 0 saturated heterocycles. The number of Topliss-reactive ketones (excluding diaryl/α,β-unsaturated/α-hetero) is 1. The van der Waals surface area contributed by atoms with Crippen molar-refractivity contribution in [3.8, 4) is 0 Å². The fourth-order valence-corrected chi connectivity index (χ4v) is 1.47. The molecule has 0 spiro atoms. The van der Waals surface area contributed by atoms with E-state index >= 15 is 0 Å². The van der Waals surface area contributed by atoms with Crippen molar-refractivity contribution in [3.05, 3.63) is 35.4 Å². The molecule has 0 saturated carbocycles. The highest BCUT2D eigenvalue weighted by Gasteiger charge is 2.16. The van der Waals surface area contributed by atoms with Crippen molar-refractivity contribution in [1.29, 1.82) is 0 Å². The number of nitrogens with one attached hydrogen (secondary N) is 1. The van der Waals surface area contributed by atoms with Gasteiger partial charge >= 0.3 is 0 Å². The molecule has 0 fully saturated rings. The highest BCUT2D eigenvalue weighted by molar-refractivity contribution is 5.83. The van der Waals surface area contributed by atoms with E-state index in [0.717, 1.165) is 6.07 Å². The summed E-state index contributed by atoms with van der Waals surface area (Å²) in [6.07, 6.45) is -0.0631. The Labute approximate surface area is 93.7 Å². The van der Waals surface area contributed by atoms with Gasteiger partial charge in [-0.1, -0.05) is 19.1 Å². The van der Waals surface area contributed by atoms with Gasteiger partial charge in [0.1, 0.15) is 5.78 Å². The minimum Gasteiger partial charge on any atom is -0.319 e. The maximum atomic E-state index is 13.3. The minimum absolute atomic E-state index is 0.0631. The predicted octanol–water partition coefficient (Wildman–Crippen LogP) is 1.93. The molecule has 0 bridgehead atoms. The van der Waals surface area contributed by atoms with Gasteiger partial charge in [-0.05, 0) is 18.7 Å². The monoisotopic (exact) mass is 227 g/mol. The van der Waals surface area contributed by atoms with Crippen LogP contribution >= 0.6 is 0 Å². The molecule has 1 N–H and O–H groups in total. The van der Waals surface area contributed by atoms with Gasteiger partial charge in [-0.15, -0.1) is 0 Å². The van der Waals surface area contributed by atoms with Crippen molar-refractivity contribution in [2.75, 3.05) is 13.6 Å². The number of halogens is 2. The Bertz CT molecular complexity index is 379. The molecule has 0 radical (unpaired) electrons. The lowest BCUT2D eigenvalue weighted by Gasteiger charge is -2.10. The molecule has 0 amide bonds. The number of hydrogen-bond donors (Lipinski definition) is 1. The van der Waals surface area contributed by atoms with Gasteiger partial charge < -0.3 is 5.32 Å². The van der Waals surface area contributed by atoms with Crippen LogP contribution in [-0.4, -0.2) is 19.4 Å². The molecular weight excluding hydrogens is 212 g/mol. The van der Waals surface area contributed by atoms with Crippen LogP contribution in [0.5, 0.6) is 0 Å². The number of carbonyl (C=O) groups excluding carboxylic acids is 1. The summed E-state index contributed by atoms with van der Waals surface area (Å²) in [5, 5.41) is 2.87. The molecular formula is C12H15F2NO. The van der Waals surface area contributed by atoms with Crippen LogP contribution < -0.4 is 5.32 Å². The lowest BCUT2D eigenvalue weighted by molar-refractivity contribution is -0.121. The number of ketones is 1. The zero-order valence-corrected chi connectivity index (χ0v) is 9.39. The number of rotatable bonds is 5. The van der Waals surface area contributed by atoms with Crippen molar-refractivity contribution >= 4 is 5.78 Å². The SMILES string of the molecule is CNCC(C)C(=O)Cc1cccc(F)c1F. The normalized spacial score (nSPS) is 12.5. The van der Waals surface area contributed by atoms with Crippen LogP contribution in [0.3, 0.4) is 0 Å². The van der Waals surface area contributed by atoms with Gasteiger partial charge in [0.15, 0.2) is 11.6 Å². The van der Waals surface area contributed by atoms with Crippen molar-refractivity contribution in [1.82, 2.24) is 5.32 Å². The average molecular weight is 227 g/mol. The Hall–Kier alpha value is -1.29. The van der Waals surface area contributed by atoms with Crippen molar-refractivity contribution in [3.63, 3.8) is 0 Å². The van der Waals surface area contributed by atoms with Crippen LogP contribution in [-0.2, 0) is 11.2 Å². The van der Waals surface area contributed by atoms with E-state index in [4.69, 9.17) is 0 Å². The molecule has 0 heterocycles. The molecule has 16 heavy (non-hydrogen) atoms. The molecule has 0 aliphatic rings. The first-order valence-electron chi connectivity index (χ1n) is 5.16. The average Bonchev–Trinajstić information content (AvgIpc) is 2.25. The third-order valence-electron chi connectivity index (χ3n) is 2.46. The number of benzene rings is 1. The van der Waals surface area contributed by atoms with Crippen molar-refractivity contribution < 1.29 is 13.6 Å². The summed E-state index contributed by atoms with van der Waals surface area (Å²) in [4.78, 5) is 11.6. The van der Waals surface area contributed by atoms with Crippen molar-refractivity contribution in [2.24, 2.45) is 5.92 Å². The lowest BCUT2D eigenvalue weighted by Crippen LogP contribution is -2.25. The highest BCUT2D eigenvalue weighted by atomic mass is 19.2. The first kappa shape index (κ1) is 12.8. The van der Waals surface area contributed by atoms with Gasteiger partial charge in [0.2, 0.25) is 0 Å². The van der Waals surface area contributed by atoms with Gasteiger partial charge in [-0.25, -0.2) is 8.78 Å². The highest BCUT2D eigenvalue weighted by Crippen LogP contribution is 2.13. The smallest absolute Gasteiger partial charge is 0.162 e. The van der Waals surface area contributed by atoms with E-state index in [-0.39, 0.29) is 23.7 Å². The summed E-state index contributed by atoms with van der Waals surface area (Å²) in [6.45, 7) is 2.30. The quantitative estimate of drug-likeness (QED) is 0.832. The van der Waals surface area contributed by atoms with Gasteiger partial charge in [0.25, 0.3) is 0 Å². The second kappa shape index (κ2) is 5.70. The summed E-state index contributed by atoms with van der Waals surface area (Å²) in [6, 6.07) is 3.88. The van der Waals surface area contributed by atoms with E-state index in [1.54, 1.807) is 14.0 Å². The van der Waals surface area contributed by atoms with E-state index < -0.39 is 11.6 Å². The zero-order chi connectivity index (χ0) is 12.1. The predicted molar refractivity (Wildman–Crippen MR) is 58.2 cm³/mol. The van der Waals surface area contributed by atoms with Crippen LogP contribution in [0.1, 0.15) is 12.5 Å². The fraction of sp³-hybridized carbons (Fsp3) is 0.417. The maximum Gasteiger partial charge on any atom is 0.162 e. The molecule has 88 valence electrons. The Kier molecular flexibility index (Phi) is 4.55. The third kappa shape index (κ3) is 3.10. The summed E-state index contributed by atoms with van der Waals surface area (Å²) in [5.41, 5.74) is 0.118. The largest absolute Gasteiger partial charge is 0.319 e. The number of hydrogen-bond acceptors (Lipinski definition) is 2. The first-order chi connectivity index (χ1) is 7.56. The van der Waals surface area contributed by atoms with E-state index in [9.17, 15) is 13.6 Å². The van der Waals surface area contributed by atoms with Crippen LogP contribution in [0.15, 0.2) is 18.2 Å². The van der Waals surface area contributed by atoms with E-state index in [1.807, 2.05) is 0 Å².